The van der Waals surface area contributed by atoms with Crippen LogP contribution in [0.1, 0.15) is 48.2 Å². The van der Waals surface area contributed by atoms with Gasteiger partial charge >= 0.3 is 0 Å². The number of H-pyrrole nitrogens is 1. The number of hydrogen-bond acceptors (Lipinski definition) is 4. The molecule has 6 nitrogen and oxygen atoms in total. The molecule has 0 aliphatic carbocycles. The van der Waals surface area contributed by atoms with Crippen LogP contribution in [-0.2, 0) is 12.0 Å². The minimum absolute atomic E-state index is 0.0237. The molecule has 24 heavy (non-hydrogen) atoms. The fourth-order valence-electron chi connectivity index (χ4n) is 2.14. The molecule has 0 fully saturated rings. The van der Waals surface area contributed by atoms with Gasteiger partial charge in [0.05, 0.1) is 5.69 Å². The van der Waals surface area contributed by atoms with E-state index in [9.17, 15) is 14.0 Å². The minimum atomic E-state index is -0.771. The Morgan fingerprint density at radius 2 is 2.04 bits per heavy atom. The Kier molecular flexibility index (Phi) is 4.73. The lowest BCUT2D eigenvalue weighted by Gasteiger charge is -2.18. The van der Waals surface area contributed by atoms with Crippen LogP contribution in [0, 0.1) is 12.7 Å². The Morgan fingerprint density at radius 3 is 2.58 bits per heavy atom. The summed E-state index contributed by atoms with van der Waals surface area (Å²) in [6, 6.07) is 3.80. The smallest absolute Gasteiger partial charge is 0.264 e. The van der Waals surface area contributed by atoms with Crippen LogP contribution in [0.3, 0.4) is 0 Å². The van der Waals surface area contributed by atoms with Gasteiger partial charge in [0, 0.05) is 12.0 Å². The maximum atomic E-state index is 13.3. The van der Waals surface area contributed by atoms with Crippen molar-refractivity contribution in [2.24, 2.45) is 0 Å². The van der Waals surface area contributed by atoms with E-state index in [1.807, 2.05) is 20.8 Å². The number of amides is 1. The highest BCUT2D eigenvalue weighted by Crippen LogP contribution is 2.18. The normalized spacial score (nSPS) is 11.4. The van der Waals surface area contributed by atoms with Crippen LogP contribution in [0.25, 0.3) is 0 Å². The van der Waals surface area contributed by atoms with Gasteiger partial charge in [-0.05, 0) is 24.6 Å². The van der Waals surface area contributed by atoms with Gasteiger partial charge in [0.2, 0.25) is 0 Å². The van der Waals surface area contributed by atoms with Gasteiger partial charge in [-0.15, -0.1) is 0 Å². The van der Waals surface area contributed by atoms with E-state index in [2.05, 4.69) is 15.3 Å². The Morgan fingerprint density at radius 1 is 1.38 bits per heavy atom. The number of phenols is 1. The summed E-state index contributed by atoms with van der Waals surface area (Å²) in [6.45, 7) is 7.34. The standard InChI is InChI=1S/C17H20FN3O3/c1-9-13(15(24)21-16(20-9)17(2,3)4)14(23)19-8-10-5-6-12(22)11(18)7-10/h5-7,22H,8H2,1-4H3,(H,19,23)(H,20,21,24). The number of aromatic hydroxyl groups is 1. The quantitative estimate of drug-likeness (QED) is 0.802. The van der Waals surface area contributed by atoms with Crippen LogP contribution in [-0.4, -0.2) is 21.0 Å². The summed E-state index contributed by atoms with van der Waals surface area (Å²) in [5, 5.41) is 11.7. The molecule has 3 N–H and O–H groups in total. The van der Waals surface area contributed by atoms with Gasteiger partial charge in [0.15, 0.2) is 11.6 Å². The Bertz CT molecular complexity index is 838. The van der Waals surface area contributed by atoms with Crippen LogP contribution in [0.2, 0.25) is 0 Å². The van der Waals surface area contributed by atoms with E-state index in [0.717, 1.165) is 6.07 Å². The molecule has 2 rings (SSSR count). The van der Waals surface area contributed by atoms with Crippen LogP contribution in [0.4, 0.5) is 4.39 Å². The number of nitrogens with zero attached hydrogens (tertiary/aromatic N) is 1. The van der Waals surface area contributed by atoms with Crippen LogP contribution < -0.4 is 10.9 Å². The lowest BCUT2D eigenvalue weighted by molar-refractivity contribution is 0.0948. The molecule has 0 aliphatic heterocycles. The van der Waals surface area contributed by atoms with E-state index < -0.39 is 23.0 Å². The number of aromatic nitrogens is 2. The Hall–Kier alpha value is -2.70. The fourth-order valence-corrected chi connectivity index (χ4v) is 2.14. The van der Waals surface area contributed by atoms with Crippen molar-refractivity contribution in [3.05, 3.63) is 57.0 Å². The van der Waals surface area contributed by atoms with Gasteiger partial charge in [-0.3, -0.25) is 9.59 Å². The summed E-state index contributed by atoms with van der Waals surface area (Å²) in [4.78, 5) is 31.4. The summed E-state index contributed by atoms with van der Waals surface area (Å²) in [5.41, 5.74) is -0.128. The molecule has 0 radical (unpaired) electrons. The van der Waals surface area contributed by atoms with Crippen LogP contribution >= 0.6 is 0 Å². The predicted molar refractivity (Wildman–Crippen MR) is 87.5 cm³/mol. The van der Waals surface area contributed by atoms with Crippen molar-refractivity contribution in [2.75, 3.05) is 0 Å². The molecule has 0 saturated carbocycles. The topological polar surface area (TPSA) is 95.1 Å². The molecule has 1 amide bonds. The monoisotopic (exact) mass is 333 g/mol. The molecule has 7 heteroatoms. The largest absolute Gasteiger partial charge is 0.505 e. The molecule has 0 aliphatic rings. The van der Waals surface area contributed by atoms with Gasteiger partial charge < -0.3 is 15.4 Å². The van der Waals surface area contributed by atoms with Crippen molar-refractivity contribution in [1.29, 1.82) is 0 Å². The lowest BCUT2D eigenvalue weighted by Crippen LogP contribution is -2.33. The van der Waals surface area contributed by atoms with Crippen molar-refractivity contribution in [3.63, 3.8) is 0 Å². The number of aryl methyl sites for hydroxylation is 1. The number of benzene rings is 1. The first-order chi connectivity index (χ1) is 11.1. The molecule has 1 aromatic heterocycles. The van der Waals surface area contributed by atoms with Gasteiger partial charge in [-0.25, -0.2) is 9.37 Å². The molecule has 0 saturated heterocycles. The highest BCUT2D eigenvalue weighted by molar-refractivity contribution is 5.94. The second-order valence-corrected chi connectivity index (χ2v) is 6.59. The Balaban J connectivity index is 2.21. The number of nitrogens with one attached hydrogen (secondary N) is 2. The second kappa shape index (κ2) is 6.43. The molecule has 0 atom stereocenters. The number of aromatic amines is 1. The van der Waals surface area contributed by atoms with Gasteiger partial charge in [-0.1, -0.05) is 26.8 Å². The third-order valence-corrected chi connectivity index (χ3v) is 3.50. The minimum Gasteiger partial charge on any atom is -0.505 e. The number of phenolic OH excluding ortho intramolecular Hbond substituents is 1. The van der Waals surface area contributed by atoms with E-state index in [4.69, 9.17) is 5.11 Å². The first kappa shape index (κ1) is 17.7. The number of carbonyl (C=O) groups excluding carboxylic acids is 1. The zero-order valence-corrected chi connectivity index (χ0v) is 14.0. The molecule has 1 aromatic carbocycles. The molecular formula is C17H20FN3O3. The van der Waals surface area contributed by atoms with E-state index >= 15 is 0 Å². The maximum Gasteiger partial charge on any atom is 0.264 e. The van der Waals surface area contributed by atoms with Gasteiger partial charge in [0.1, 0.15) is 11.4 Å². The highest BCUT2D eigenvalue weighted by Gasteiger charge is 2.22. The number of rotatable bonds is 3. The molecular weight excluding hydrogens is 313 g/mol. The summed E-state index contributed by atoms with van der Waals surface area (Å²) in [6.07, 6.45) is 0. The van der Waals surface area contributed by atoms with Gasteiger partial charge in [-0.2, -0.15) is 0 Å². The van der Waals surface area contributed by atoms with E-state index in [1.54, 1.807) is 6.92 Å². The highest BCUT2D eigenvalue weighted by atomic mass is 19.1. The predicted octanol–water partition coefficient (Wildman–Crippen LogP) is 2.15. The van der Waals surface area contributed by atoms with Gasteiger partial charge in [0.25, 0.3) is 11.5 Å². The average molecular weight is 333 g/mol. The van der Waals surface area contributed by atoms with E-state index in [0.29, 0.717) is 17.1 Å². The number of carbonyl (C=O) groups is 1. The summed E-state index contributed by atoms with van der Waals surface area (Å²) in [7, 11) is 0. The maximum absolute atomic E-state index is 13.3. The molecule has 1 heterocycles. The zero-order chi connectivity index (χ0) is 18.1. The van der Waals surface area contributed by atoms with Crippen molar-refractivity contribution in [1.82, 2.24) is 15.3 Å². The van der Waals surface area contributed by atoms with E-state index in [-0.39, 0.29) is 17.5 Å². The molecule has 128 valence electrons. The summed E-state index contributed by atoms with van der Waals surface area (Å²) in [5.74, 6) is -1.32. The van der Waals surface area contributed by atoms with E-state index in [1.165, 1.54) is 12.1 Å². The van der Waals surface area contributed by atoms with Crippen molar-refractivity contribution in [3.8, 4) is 5.75 Å². The first-order valence-electron chi connectivity index (χ1n) is 7.46. The number of halogens is 1. The SMILES string of the molecule is Cc1nc(C(C)(C)C)[nH]c(=O)c1C(=O)NCc1ccc(O)c(F)c1. The van der Waals surface area contributed by atoms with Crippen LogP contribution in [0.15, 0.2) is 23.0 Å². The van der Waals surface area contributed by atoms with Crippen molar-refractivity contribution < 1.29 is 14.3 Å². The fraction of sp³-hybridized carbons (Fsp3) is 0.353. The first-order valence-corrected chi connectivity index (χ1v) is 7.46. The summed E-state index contributed by atoms with van der Waals surface area (Å²) >= 11 is 0. The summed E-state index contributed by atoms with van der Waals surface area (Å²) < 4.78 is 13.3. The average Bonchev–Trinajstić information content (AvgIpc) is 2.46. The second-order valence-electron chi connectivity index (χ2n) is 6.59. The zero-order valence-electron chi connectivity index (χ0n) is 14.0. The number of hydrogen-bond donors (Lipinski definition) is 3. The third kappa shape index (κ3) is 3.79. The molecule has 0 bridgehead atoms. The Labute approximate surface area is 138 Å². The lowest BCUT2D eigenvalue weighted by atomic mass is 9.95. The molecule has 0 spiro atoms. The van der Waals surface area contributed by atoms with Crippen LogP contribution in [0.5, 0.6) is 5.75 Å². The van der Waals surface area contributed by atoms with Crippen molar-refractivity contribution in [2.45, 2.75) is 39.7 Å². The third-order valence-electron chi connectivity index (χ3n) is 3.50. The van der Waals surface area contributed by atoms with Crippen molar-refractivity contribution >= 4 is 5.91 Å². The molecule has 0 unspecified atom stereocenters. The molecule has 2 aromatic rings.